The van der Waals surface area contributed by atoms with Crippen molar-refractivity contribution >= 4 is 10.1 Å². The van der Waals surface area contributed by atoms with Crippen molar-refractivity contribution in [1.29, 1.82) is 0 Å². The zero-order valence-electron chi connectivity index (χ0n) is 11.0. The van der Waals surface area contributed by atoms with Crippen LogP contribution in [0.1, 0.15) is 11.1 Å². The number of rotatable bonds is 5. The molecule has 2 rings (SSSR count). The van der Waals surface area contributed by atoms with Gasteiger partial charge in [0.25, 0.3) is 10.1 Å². The topological polar surface area (TPSA) is 48.3 Å². The van der Waals surface area contributed by atoms with Gasteiger partial charge in [0, 0.05) is 18.9 Å². The third kappa shape index (κ3) is 3.68. The van der Waals surface area contributed by atoms with Crippen molar-refractivity contribution in [3.8, 4) is 0 Å². The Hall–Kier alpha value is -1.59. The molecule has 4 nitrogen and oxygen atoms in total. The molecule has 0 amide bonds. The Labute approximate surface area is 113 Å². The van der Waals surface area contributed by atoms with Crippen LogP contribution in [-0.4, -0.2) is 19.6 Å². The van der Waals surface area contributed by atoms with Gasteiger partial charge in [0.15, 0.2) is 0 Å². The van der Waals surface area contributed by atoms with Crippen molar-refractivity contribution in [2.45, 2.75) is 25.3 Å². The summed E-state index contributed by atoms with van der Waals surface area (Å²) in [5.41, 5.74) is 2.16. The highest BCUT2D eigenvalue weighted by atomic mass is 32.2. The third-order valence-corrected chi connectivity index (χ3v) is 4.12. The maximum absolute atomic E-state index is 11.9. The maximum Gasteiger partial charge on any atom is 0.297 e. The maximum atomic E-state index is 11.9. The predicted octanol–water partition coefficient (Wildman–Crippen LogP) is 2.51. The van der Waals surface area contributed by atoms with Gasteiger partial charge in [-0.15, -0.1) is 0 Å². The molecule has 0 bridgehead atoms. The first-order valence-electron chi connectivity index (χ1n) is 6.06. The van der Waals surface area contributed by atoms with Crippen LogP contribution in [0, 0.1) is 13.8 Å². The zero-order chi connectivity index (χ0) is 13.9. The summed E-state index contributed by atoms with van der Waals surface area (Å²) >= 11 is 0. The summed E-state index contributed by atoms with van der Waals surface area (Å²) in [5.74, 6) is 0. The average Bonchev–Trinajstić information content (AvgIpc) is 2.75. The standard InChI is InChI=1S/C14H17NO3S/c1-12-3-5-14(6-4-12)19(16,17)18-10-9-15-8-7-13(2)11-15/h3-8,11H,9-10H2,1-2H3. The molecule has 1 aromatic carbocycles. The van der Waals surface area contributed by atoms with E-state index in [0.29, 0.717) is 6.54 Å². The Morgan fingerprint density at radius 1 is 1.05 bits per heavy atom. The van der Waals surface area contributed by atoms with Crippen molar-refractivity contribution in [2.75, 3.05) is 6.61 Å². The Morgan fingerprint density at radius 3 is 2.32 bits per heavy atom. The van der Waals surface area contributed by atoms with Crippen molar-refractivity contribution in [3.63, 3.8) is 0 Å². The Kier molecular flexibility index (Phi) is 4.07. The molecule has 0 unspecified atom stereocenters. The molecule has 0 N–H and O–H groups in total. The highest BCUT2D eigenvalue weighted by molar-refractivity contribution is 7.86. The Morgan fingerprint density at radius 2 is 1.74 bits per heavy atom. The fourth-order valence-electron chi connectivity index (χ4n) is 1.73. The number of benzene rings is 1. The van der Waals surface area contributed by atoms with Crippen LogP contribution in [-0.2, 0) is 20.8 Å². The van der Waals surface area contributed by atoms with E-state index in [1.807, 2.05) is 36.9 Å². The minimum Gasteiger partial charge on any atom is -0.352 e. The summed E-state index contributed by atoms with van der Waals surface area (Å²) in [6.45, 7) is 4.54. The van der Waals surface area contributed by atoms with E-state index in [9.17, 15) is 8.42 Å². The lowest BCUT2D eigenvalue weighted by Gasteiger charge is -2.06. The van der Waals surface area contributed by atoms with Crippen LogP contribution in [0.2, 0.25) is 0 Å². The smallest absolute Gasteiger partial charge is 0.297 e. The fraction of sp³-hybridized carbons (Fsp3) is 0.286. The normalized spacial score (nSPS) is 11.7. The second kappa shape index (κ2) is 5.59. The van der Waals surface area contributed by atoms with E-state index in [1.54, 1.807) is 24.3 Å². The molecule has 5 heteroatoms. The number of aryl methyl sites for hydroxylation is 2. The molecule has 0 radical (unpaired) electrons. The van der Waals surface area contributed by atoms with Gasteiger partial charge in [-0.3, -0.25) is 4.18 Å². The molecule has 0 fully saturated rings. The first-order chi connectivity index (χ1) is 8.97. The summed E-state index contributed by atoms with van der Waals surface area (Å²) in [6.07, 6.45) is 3.85. The van der Waals surface area contributed by atoms with Gasteiger partial charge in [-0.1, -0.05) is 17.7 Å². The van der Waals surface area contributed by atoms with E-state index in [4.69, 9.17) is 4.18 Å². The van der Waals surface area contributed by atoms with Crippen LogP contribution in [0.4, 0.5) is 0 Å². The van der Waals surface area contributed by atoms with E-state index < -0.39 is 10.1 Å². The van der Waals surface area contributed by atoms with E-state index in [2.05, 4.69) is 0 Å². The molecule has 0 spiro atoms. The van der Waals surface area contributed by atoms with Gasteiger partial charge in [-0.05, 0) is 37.6 Å². The summed E-state index contributed by atoms with van der Waals surface area (Å²) in [5, 5.41) is 0. The number of nitrogens with zero attached hydrogens (tertiary/aromatic N) is 1. The van der Waals surface area contributed by atoms with Crippen molar-refractivity contribution in [3.05, 3.63) is 53.9 Å². The molecule has 2 aromatic rings. The number of hydrogen-bond donors (Lipinski definition) is 0. The van der Waals surface area contributed by atoms with Gasteiger partial charge in [0.2, 0.25) is 0 Å². The van der Waals surface area contributed by atoms with E-state index in [0.717, 1.165) is 11.1 Å². The average molecular weight is 279 g/mol. The Balaban J connectivity index is 1.96. The molecule has 19 heavy (non-hydrogen) atoms. The van der Waals surface area contributed by atoms with Gasteiger partial charge in [0.1, 0.15) is 0 Å². The largest absolute Gasteiger partial charge is 0.352 e. The van der Waals surface area contributed by atoms with Crippen LogP contribution in [0.3, 0.4) is 0 Å². The zero-order valence-corrected chi connectivity index (χ0v) is 11.9. The van der Waals surface area contributed by atoms with E-state index in [1.165, 1.54) is 0 Å². The SMILES string of the molecule is Cc1ccc(S(=O)(=O)OCCn2ccc(C)c2)cc1. The van der Waals surface area contributed by atoms with Gasteiger partial charge in [-0.25, -0.2) is 0 Å². The van der Waals surface area contributed by atoms with E-state index >= 15 is 0 Å². The lowest BCUT2D eigenvalue weighted by atomic mass is 10.2. The molecule has 1 aromatic heterocycles. The van der Waals surface area contributed by atoms with Gasteiger partial charge < -0.3 is 4.57 Å². The molecule has 0 aliphatic rings. The molecule has 0 aliphatic heterocycles. The molecule has 0 saturated carbocycles. The lowest BCUT2D eigenvalue weighted by molar-refractivity contribution is 0.301. The van der Waals surface area contributed by atoms with Crippen LogP contribution in [0.5, 0.6) is 0 Å². The monoisotopic (exact) mass is 279 g/mol. The van der Waals surface area contributed by atoms with Crippen LogP contribution in [0.15, 0.2) is 47.6 Å². The summed E-state index contributed by atoms with van der Waals surface area (Å²) in [4.78, 5) is 0.196. The van der Waals surface area contributed by atoms with Gasteiger partial charge in [-0.2, -0.15) is 8.42 Å². The second-order valence-electron chi connectivity index (χ2n) is 4.52. The number of hydrogen-bond acceptors (Lipinski definition) is 3. The molecule has 102 valence electrons. The van der Waals surface area contributed by atoms with Gasteiger partial charge >= 0.3 is 0 Å². The first-order valence-corrected chi connectivity index (χ1v) is 7.47. The van der Waals surface area contributed by atoms with Crippen LogP contribution in [0.25, 0.3) is 0 Å². The van der Waals surface area contributed by atoms with Crippen LogP contribution < -0.4 is 0 Å². The van der Waals surface area contributed by atoms with Crippen molar-refractivity contribution in [2.24, 2.45) is 0 Å². The minimum atomic E-state index is -3.65. The number of aromatic nitrogens is 1. The molecule has 0 saturated heterocycles. The quantitative estimate of drug-likeness (QED) is 0.790. The van der Waals surface area contributed by atoms with Crippen molar-refractivity contribution in [1.82, 2.24) is 4.57 Å². The summed E-state index contributed by atoms with van der Waals surface area (Å²) in [6, 6.07) is 8.60. The third-order valence-electron chi connectivity index (χ3n) is 2.80. The highest BCUT2D eigenvalue weighted by Crippen LogP contribution is 2.13. The Bertz CT molecular complexity index is 642. The molecular weight excluding hydrogens is 262 g/mol. The van der Waals surface area contributed by atoms with Crippen LogP contribution >= 0.6 is 0 Å². The first kappa shape index (κ1) is 13.8. The lowest BCUT2D eigenvalue weighted by Crippen LogP contribution is -2.11. The van der Waals surface area contributed by atoms with Crippen molar-refractivity contribution < 1.29 is 12.6 Å². The molecule has 1 heterocycles. The highest BCUT2D eigenvalue weighted by Gasteiger charge is 2.14. The summed E-state index contributed by atoms with van der Waals surface area (Å²) in [7, 11) is -3.65. The molecular formula is C14H17NO3S. The minimum absolute atomic E-state index is 0.129. The molecule has 0 atom stereocenters. The van der Waals surface area contributed by atoms with Gasteiger partial charge in [0.05, 0.1) is 11.5 Å². The fourth-order valence-corrected chi connectivity index (χ4v) is 2.62. The second-order valence-corrected chi connectivity index (χ2v) is 6.13. The van der Waals surface area contributed by atoms with E-state index in [-0.39, 0.29) is 11.5 Å². The predicted molar refractivity (Wildman–Crippen MR) is 73.5 cm³/mol. The summed E-state index contributed by atoms with van der Waals surface area (Å²) < 4.78 is 30.7. The molecule has 0 aliphatic carbocycles.